The van der Waals surface area contributed by atoms with Crippen LogP contribution in [-0.4, -0.2) is 54.2 Å². The predicted octanol–water partition coefficient (Wildman–Crippen LogP) is 2.30. The smallest absolute Gasteiger partial charge is 0.475 e. The molecule has 10 nitrogen and oxygen atoms in total. The van der Waals surface area contributed by atoms with Crippen molar-refractivity contribution in [3.05, 3.63) is 47.8 Å². The van der Waals surface area contributed by atoms with Crippen molar-refractivity contribution in [2.45, 2.75) is 24.9 Å². The zero-order valence-corrected chi connectivity index (χ0v) is 18.4. The van der Waals surface area contributed by atoms with Crippen LogP contribution in [0.2, 0.25) is 0 Å². The number of aromatic nitrogens is 4. The van der Waals surface area contributed by atoms with Crippen LogP contribution in [0.5, 0.6) is 0 Å². The fourth-order valence-electron chi connectivity index (χ4n) is 2.89. The van der Waals surface area contributed by atoms with E-state index in [2.05, 4.69) is 15.1 Å². The molecule has 2 aromatic heterocycles. The minimum atomic E-state index is -5.31. The second kappa shape index (κ2) is 9.80. The second-order valence-corrected chi connectivity index (χ2v) is 7.23. The first kappa shape index (κ1) is 28.0. The summed E-state index contributed by atoms with van der Waals surface area (Å²) < 4.78 is 73.5. The van der Waals surface area contributed by atoms with Crippen LogP contribution in [0.1, 0.15) is 11.1 Å². The molecule has 0 radical (unpaired) electrons. The molecule has 0 spiro atoms. The molecule has 1 aromatic carbocycles. The van der Waals surface area contributed by atoms with Crippen molar-refractivity contribution in [2.75, 3.05) is 5.73 Å². The lowest BCUT2D eigenvalue weighted by Crippen LogP contribution is -2.52. The Morgan fingerprint density at radius 1 is 1.08 bits per heavy atom. The molecule has 0 bridgehead atoms. The summed E-state index contributed by atoms with van der Waals surface area (Å²) in [6.45, 7) is 1.64. The first-order valence-corrected chi connectivity index (χ1v) is 9.52. The number of anilines is 1. The number of carbonyl (C=O) groups is 2. The Bertz CT molecular complexity index is 1290. The number of nitrogens with two attached hydrogens (primary N) is 2. The van der Waals surface area contributed by atoms with E-state index in [1.54, 1.807) is 20.0 Å². The summed E-state index contributed by atoms with van der Waals surface area (Å²) in [5.41, 5.74) is 8.00. The number of hydrogen-bond donors (Lipinski definition) is 4. The Kier molecular flexibility index (Phi) is 7.63. The fourth-order valence-corrected chi connectivity index (χ4v) is 2.89. The summed E-state index contributed by atoms with van der Waals surface area (Å²) in [4.78, 5) is 28.9. The maximum absolute atomic E-state index is 13.4. The number of nitrogen functional groups attached to an aromatic ring is 1. The van der Waals surface area contributed by atoms with Crippen molar-refractivity contribution in [3.63, 3.8) is 0 Å². The van der Waals surface area contributed by atoms with Gasteiger partial charge in [-0.1, -0.05) is 12.1 Å². The van der Waals surface area contributed by atoms with Gasteiger partial charge in [-0.05, 0) is 24.6 Å². The van der Waals surface area contributed by atoms with Crippen LogP contribution in [0.15, 0.2) is 36.7 Å². The van der Waals surface area contributed by atoms with Gasteiger partial charge in [0.15, 0.2) is 5.82 Å². The summed E-state index contributed by atoms with van der Waals surface area (Å²) in [5.74, 6) is -4.58. The molecule has 1 unspecified atom stereocenters. The summed E-state index contributed by atoms with van der Waals surface area (Å²) in [7, 11) is 1.67. The molecular weight excluding hydrogens is 502 g/mol. The molecule has 1 amide bonds. The first-order chi connectivity index (χ1) is 16.4. The monoisotopic (exact) mass is 520 g/mol. The number of rotatable bonds is 4. The Morgan fingerprint density at radius 3 is 2.11 bits per heavy atom. The van der Waals surface area contributed by atoms with Crippen molar-refractivity contribution in [3.8, 4) is 22.6 Å². The number of aryl methyl sites for hydroxylation is 2. The molecule has 0 saturated carbocycles. The van der Waals surface area contributed by atoms with Crippen LogP contribution in [-0.2, 0) is 22.2 Å². The highest BCUT2D eigenvalue weighted by Crippen LogP contribution is 2.40. The van der Waals surface area contributed by atoms with Crippen LogP contribution in [0, 0.1) is 6.92 Å². The van der Waals surface area contributed by atoms with Gasteiger partial charge in [-0.15, -0.1) is 0 Å². The minimum Gasteiger partial charge on any atom is -0.475 e. The number of hydrogen-bond acceptors (Lipinski definition) is 7. The maximum Gasteiger partial charge on any atom is 0.490 e. The van der Waals surface area contributed by atoms with E-state index < -0.39 is 35.4 Å². The molecule has 0 aliphatic heterocycles. The lowest BCUT2D eigenvalue weighted by molar-refractivity contribution is -0.255. The van der Waals surface area contributed by atoms with Gasteiger partial charge in [-0.3, -0.25) is 9.48 Å². The van der Waals surface area contributed by atoms with E-state index >= 15 is 0 Å². The Balaban J connectivity index is 0.000000572. The van der Waals surface area contributed by atoms with E-state index in [4.69, 9.17) is 21.4 Å². The average molecular weight is 520 g/mol. The Hall–Kier alpha value is -4.21. The molecule has 3 aromatic rings. The molecule has 0 aliphatic carbocycles. The van der Waals surface area contributed by atoms with Gasteiger partial charge in [0.1, 0.15) is 5.69 Å². The quantitative estimate of drug-likeness (QED) is 0.380. The van der Waals surface area contributed by atoms with E-state index in [0.717, 1.165) is 12.1 Å². The number of primary amides is 1. The first-order valence-electron chi connectivity index (χ1n) is 9.52. The number of benzene rings is 1. The van der Waals surface area contributed by atoms with Gasteiger partial charge < -0.3 is 21.7 Å². The van der Waals surface area contributed by atoms with E-state index in [-0.39, 0.29) is 22.8 Å². The number of carbonyl (C=O) groups excluding carboxylic acids is 1. The van der Waals surface area contributed by atoms with Crippen LogP contribution in [0.4, 0.5) is 32.2 Å². The largest absolute Gasteiger partial charge is 0.490 e. The zero-order valence-electron chi connectivity index (χ0n) is 18.4. The Labute approximate surface area is 198 Å². The number of aliphatic hydroxyl groups is 1. The second-order valence-electron chi connectivity index (χ2n) is 7.23. The lowest BCUT2D eigenvalue weighted by Gasteiger charge is -2.28. The summed E-state index contributed by atoms with van der Waals surface area (Å²) in [6, 6.07) is 4.99. The molecule has 0 fully saturated rings. The number of carboxylic acids is 1. The summed E-state index contributed by atoms with van der Waals surface area (Å²) in [5, 5.41) is 21.2. The molecule has 0 saturated heterocycles. The predicted molar refractivity (Wildman–Crippen MR) is 112 cm³/mol. The van der Waals surface area contributed by atoms with Gasteiger partial charge in [0.05, 0.1) is 17.6 Å². The highest BCUT2D eigenvalue weighted by atomic mass is 19.4. The maximum atomic E-state index is 13.4. The molecule has 1 atom stereocenters. The van der Waals surface area contributed by atoms with Crippen molar-refractivity contribution < 1.29 is 46.1 Å². The lowest BCUT2D eigenvalue weighted by atomic mass is 9.89. The van der Waals surface area contributed by atoms with Crippen LogP contribution in [0.3, 0.4) is 0 Å². The molecule has 0 aliphatic rings. The number of aliphatic carboxylic acids is 1. The van der Waals surface area contributed by atoms with Gasteiger partial charge in [0, 0.05) is 24.4 Å². The fraction of sp³-hybridized carbons (Fsp3) is 0.250. The number of nitrogens with zero attached hydrogens (tertiary/aromatic N) is 4. The van der Waals surface area contributed by atoms with Gasteiger partial charge in [0.2, 0.25) is 0 Å². The average Bonchev–Trinajstić information content (AvgIpc) is 3.18. The highest BCUT2D eigenvalue weighted by Gasteiger charge is 2.60. The molecular formula is C20H18F6N6O4. The molecule has 3 rings (SSSR count). The van der Waals surface area contributed by atoms with Gasteiger partial charge >= 0.3 is 18.3 Å². The van der Waals surface area contributed by atoms with Crippen LogP contribution in [0.25, 0.3) is 22.6 Å². The molecule has 194 valence electrons. The van der Waals surface area contributed by atoms with Gasteiger partial charge in [0.25, 0.3) is 11.5 Å². The van der Waals surface area contributed by atoms with E-state index in [0.29, 0.717) is 11.3 Å². The van der Waals surface area contributed by atoms with Crippen LogP contribution >= 0.6 is 0 Å². The van der Waals surface area contributed by atoms with E-state index in [1.165, 1.54) is 23.1 Å². The zero-order chi connectivity index (χ0) is 27.6. The number of halogens is 6. The molecule has 6 N–H and O–H groups in total. The normalized spacial score (nSPS) is 13.4. The highest BCUT2D eigenvalue weighted by molar-refractivity contribution is 5.86. The number of carboxylic acid groups (broad SMARTS) is 1. The van der Waals surface area contributed by atoms with E-state index in [1.807, 2.05) is 0 Å². The summed E-state index contributed by atoms with van der Waals surface area (Å²) in [6.07, 6.45) is -7.57. The third-order valence-electron chi connectivity index (χ3n) is 4.80. The third-order valence-corrected chi connectivity index (χ3v) is 4.80. The van der Waals surface area contributed by atoms with Crippen molar-refractivity contribution in [2.24, 2.45) is 12.8 Å². The molecule has 16 heteroatoms. The Morgan fingerprint density at radius 2 is 1.67 bits per heavy atom. The van der Waals surface area contributed by atoms with Gasteiger partial charge in [-0.2, -0.15) is 31.4 Å². The third kappa shape index (κ3) is 5.54. The SMILES string of the molecule is Cc1ccc(C(O)(C(N)=O)C(F)(F)F)cc1-c1cnc(N)c(-c2ccnn2C)n1.O=C(O)C(F)(F)F. The number of alkyl halides is 6. The summed E-state index contributed by atoms with van der Waals surface area (Å²) >= 11 is 0. The molecule has 2 heterocycles. The minimum absolute atomic E-state index is 0.107. The topological polar surface area (TPSA) is 170 Å². The van der Waals surface area contributed by atoms with Crippen molar-refractivity contribution in [1.82, 2.24) is 19.7 Å². The number of amides is 1. The molecule has 36 heavy (non-hydrogen) atoms. The van der Waals surface area contributed by atoms with Crippen molar-refractivity contribution >= 4 is 17.7 Å². The standard InChI is InChI=1S/C18H17F3N6O2.C2HF3O2/c1-9-3-4-10(17(29,16(23)28)18(19,20)21)7-11(9)12-8-24-15(22)14(26-12)13-5-6-25-27(13)2;3-2(4,5)1(6)7/h3-8,29H,1-2H3,(H2,22,24)(H2,23,28);(H,6,7). The van der Waals surface area contributed by atoms with E-state index in [9.17, 15) is 36.2 Å². The van der Waals surface area contributed by atoms with Crippen LogP contribution < -0.4 is 11.5 Å². The van der Waals surface area contributed by atoms with Gasteiger partial charge in [-0.25, -0.2) is 14.8 Å². The van der Waals surface area contributed by atoms with Crippen molar-refractivity contribution in [1.29, 1.82) is 0 Å².